The summed E-state index contributed by atoms with van der Waals surface area (Å²) in [4.78, 5) is 26.1. The van der Waals surface area contributed by atoms with E-state index >= 15 is 0 Å². The number of benzene rings is 1. The van der Waals surface area contributed by atoms with E-state index in [-0.39, 0.29) is 17.2 Å². The lowest BCUT2D eigenvalue weighted by Gasteiger charge is -2.19. The smallest absolute Gasteiger partial charge is 0.293 e. The van der Waals surface area contributed by atoms with Crippen molar-refractivity contribution in [1.29, 1.82) is 0 Å². The van der Waals surface area contributed by atoms with Gasteiger partial charge in [0, 0.05) is 6.04 Å². The van der Waals surface area contributed by atoms with E-state index in [1.54, 1.807) is 6.08 Å². The molecule has 0 radical (unpaired) electrons. The van der Waals surface area contributed by atoms with Gasteiger partial charge in [-0.3, -0.25) is 14.5 Å². The average molecular weight is 319 g/mol. The van der Waals surface area contributed by atoms with Crippen molar-refractivity contribution in [3.8, 4) is 11.5 Å². The second-order valence-corrected chi connectivity index (χ2v) is 6.21. The molecule has 0 spiro atoms. The van der Waals surface area contributed by atoms with Gasteiger partial charge in [0.2, 0.25) is 0 Å². The van der Waals surface area contributed by atoms with Crippen LogP contribution in [0.2, 0.25) is 0 Å². The minimum absolute atomic E-state index is 0.0846. The van der Waals surface area contributed by atoms with Crippen molar-refractivity contribution in [3.05, 3.63) is 28.7 Å². The molecule has 22 heavy (non-hydrogen) atoms. The van der Waals surface area contributed by atoms with Crippen LogP contribution in [0, 0.1) is 0 Å². The number of carbonyl (C=O) groups is 2. The molecule has 2 amide bonds. The lowest BCUT2D eigenvalue weighted by molar-refractivity contribution is -0.124. The molecule has 0 saturated carbocycles. The Balaban J connectivity index is 1.86. The van der Waals surface area contributed by atoms with Crippen LogP contribution in [0.15, 0.2) is 23.1 Å². The van der Waals surface area contributed by atoms with Crippen LogP contribution in [0.25, 0.3) is 6.08 Å². The fourth-order valence-electron chi connectivity index (χ4n) is 2.34. The van der Waals surface area contributed by atoms with Crippen molar-refractivity contribution < 1.29 is 19.1 Å². The summed E-state index contributed by atoms with van der Waals surface area (Å²) in [5, 5.41) is -0.205. The molecule has 116 valence electrons. The van der Waals surface area contributed by atoms with Gasteiger partial charge in [-0.2, -0.15) is 0 Å². The first-order valence-electron chi connectivity index (χ1n) is 7.27. The van der Waals surface area contributed by atoms with Gasteiger partial charge in [0.25, 0.3) is 11.1 Å². The average Bonchev–Trinajstić information content (AvgIpc) is 2.80. The van der Waals surface area contributed by atoms with E-state index in [9.17, 15) is 9.59 Å². The molecule has 2 aliphatic heterocycles. The van der Waals surface area contributed by atoms with Gasteiger partial charge >= 0.3 is 0 Å². The molecule has 1 saturated heterocycles. The summed E-state index contributed by atoms with van der Waals surface area (Å²) in [6.45, 7) is 4.89. The Kier molecular flexibility index (Phi) is 4.11. The SMILES string of the molecule is CC[C@H](C)N1C(=O)S/C(=C/c2ccc3c(c2)OCCO3)C1=O. The molecule has 0 N–H and O–H groups in total. The molecule has 0 bridgehead atoms. The summed E-state index contributed by atoms with van der Waals surface area (Å²) in [5.41, 5.74) is 0.818. The largest absolute Gasteiger partial charge is 0.486 e. The molecule has 0 aliphatic carbocycles. The maximum absolute atomic E-state index is 12.4. The van der Waals surface area contributed by atoms with Gasteiger partial charge in [-0.25, -0.2) is 0 Å². The predicted molar refractivity (Wildman–Crippen MR) is 85.0 cm³/mol. The molecule has 6 heteroatoms. The van der Waals surface area contributed by atoms with Gasteiger partial charge < -0.3 is 9.47 Å². The van der Waals surface area contributed by atoms with Crippen LogP contribution in [-0.4, -0.2) is 35.3 Å². The summed E-state index contributed by atoms with van der Waals surface area (Å²) in [5.74, 6) is 1.15. The van der Waals surface area contributed by atoms with Crippen molar-refractivity contribution >= 4 is 29.0 Å². The number of imide groups is 1. The third-order valence-electron chi connectivity index (χ3n) is 3.72. The molecule has 2 heterocycles. The number of amides is 2. The maximum Gasteiger partial charge on any atom is 0.293 e. The summed E-state index contributed by atoms with van der Waals surface area (Å²) in [6, 6.07) is 5.41. The molecule has 5 nitrogen and oxygen atoms in total. The van der Waals surface area contributed by atoms with Crippen molar-refractivity contribution in [2.75, 3.05) is 13.2 Å². The van der Waals surface area contributed by atoms with Crippen molar-refractivity contribution in [1.82, 2.24) is 4.90 Å². The fourth-order valence-corrected chi connectivity index (χ4v) is 3.27. The van der Waals surface area contributed by atoms with Crippen LogP contribution in [0.5, 0.6) is 11.5 Å². The van der Waals surface area contributed by atoms with E-state index in [4.69, 9.17) is 9.47 Å². The van der Waals surface area contributed by atoms with Crippen molar-refractivity contribution in [3.63, 3.8) is 0 Å². The zero-order valence-corrected chi connectivity index (χ0v) is 13.3. The molecule has 2 aliphatic rings. The Bertz CT molecular complexity index is 656. The third-order valence-corrected chi connectivity index (χ3v) is 4.60. The number of hydrogen-bond donors (Lipinski definition) is 0. The minimum Gasteiger partial charge on any atom is -0.486 e. The van der Waals surface area contributed by atoms with Crippen LogP contribution < -0.4 is 9.47 Å². The number of rotatable bonds is 3. The first-order valence-corrected chi connectivity index (χ1v) is 8.08. The predicted octanol–water partition coefficient (Wildman–Crippen LogP) is 3.29. The van der Waals surface area contributed by atoms with Gasteiger partial charge in [-0.05, 0) is 48.9 Å². The molecular formula is C16H17NO4S. The molecule has 0 unspecified atom stereocenters. The molecule has 1 aromatic rings. The Morgan fingerprint density at radius 3 is 2.73 bits per heavy atom. The maximum atomic E-state index is 12.4. The van der Waals surface area contributed by atoms with Crippen LogP contribution in [0.4, 0.5) is 4.79 Å². The van der Waals surface area contributed by atoms with Crippen LogP contribution >= 0.6 is 11.8 Å². The van der Waals surface area contributed by atoms with Gasteiger partial charge in [0.05, 0.1) is 4.91 Å². The highest BCUT2D eigenvalue weighted by Gasteiger charge is 2.37. The zero-order valence-electron chi connectivity index (χ0n) is 12.5. The van der Waals surface area contributed by atoms with Crippen molar-refractivity contribution in [2.45, 2.75) is 26.3 Å². The summed E-state index contributed by atoms with van der Waals surface area (Å²) >= 11 is 0.984. The number of ether oxygens (including phenoxy) is 2. The Hall–Kier alpha value is -1.95. The highest BCUT2D eigenvalue weighted by Crippen LogP contribution is 2.36. The number of carbonyl (C=O) groups excluding carboxylic acids is 2. The minimum atomic E-state index is -0.223. The lowest BCUT2D eigenvalue weighted by Crippen LogP contribution is -2.36. The summed E-state index contributed by atoms with van der Waals surface area (Å²) < 4.78 is 11.0. The quantitative estimate of drug-likeness (QED) is 0.800. The zero-order chi connectivity index (χ0) is 15.7. The van der Waals surface area contributed by atoms with Gasteiger partial charge in [0.15, 0.2) is 11.5 Å². The fraction of sp³-hybridized carbons (Fsp3) is 0.375. The highest BCUT2D eigenvalue weighted by atomic mass is 32.2. The first-order chi connectivity index (χ1) is 10.6. The number of nitrogens with zero attached hydrogens (tertiary/aromatic N) is 1. The Morgan fingerprint density at radius 1 is 1.27 bits per heavy atom. The summed E-state index contributed by atoms with van der Waals surface area (Å²) in [6.07, 6.45) is 2.47. The van der Waals surface area contributed by atoms with E-state index in [2.05, 4.69) is 0 Å². The second-order valence-electron chi connectivity index (χ2n) is 5.21. The first kappa shape index (κ1) is 15.0. The highest BCUT2D eigenvalue weighted by molar-refractivity contribution is 8.18. The molecule has 3 rings (SSSR count). The van der Waals surface area contributed by atoms with Crippen molar-refractivity contribution in [2.24, 2.45) is 0 Å². The topological polar surface area (TPSA) is 55.8 Å². The van der Waals surface area contributed by atoms with Crippen LogP contribution in [0.1, 0.15) is 25.8 Å². The number of fused-ring (bicyclic) bond motifs is 1. The second kappa shape index (κ2) is 6.04. The molecule has 1 fully saturated rings. The van der Waals surface area contributed by atoms with E-state index < -0.39 is 0 Å². The lowest BCUT2D eigenvalue weighted by atomic mass is 10.1. The van der Waals surface area contributed by atoms with E-state index in [0.717, 1.165) is 23.7 Å². The van der Waals surface area contributed by atoms with Gasteiger partial charge in [-0.15, -0.1) is 0 Å². The van der Waals surface area contributed by atoms with E-state index in [1.165, 1.54) is 4.90 Å². The van der Waals surface area contributed by atoms with Gasteiger partial charge in [-0.1, -0.05) is 13.0 Å². The van der Waals surface area contributed by atoms with E-state index in [1.807, 2.05) is 32.0 Å². The van der Waals surface area contributed by atoms with Gasteiger partial charge in [0.1, 0.15) is 13.2 Å². The van der Waals surface area contributed by atoms with Crippen LogP contribution in [-0.2, 0) is 4.79 Å². The molecule has 1 aromatic carbocycles. The van der Waals surface area contributed by atoms with E-state index in [0.29, 0.717) is 29.6 Å². The Morgan fingerprint density at radius 2 is 2.00 bits per heavy atom. The molecular weight excluding hydrogens is 302 g/mol. The summed E-state index contributed by atoms with van der Waals surface area (Å²) in [7, 11) is 0. The third kappa shape index (κ3) is 2.70. The normalized spacial score (nSPS) is 20.6. The molecule has 1 atom stereocenters. The number of thioether (sulfide) groups is 1. The number of hydrogen-bond acceptors (Lipinski definition) is 5. The Labute approximate surface area is 133 Å². The standard InChI is InChI=1S/C16H17NO4S/c1-3-10(2)17-15(18)14(22-16(17)19)9-11-4-5-12-13(8-11)21-7-6-20-12/h4-5,8-10H,3,6-7H2,1-2H3/b14-9+/t10-/m0/s1. The monoisotopic (exact) mass is 319 g/mol. The van der Waals surface area contributed by atoms with Crippen LogP contribution in [0.3, 0.4) is 0 Å². The molecule has 0 aromatic heterocycles.